The van der Waals surface area contributed by atoms with Crippen LogP contribution >= 0.6 is 0 Å². The van der Waals surface area contributed by atoms with E-state index in [-0.39, 0.29) is 10.8 Å². The van der Waals surface area contributed by atoms with Crippen LogP contribution in [0.5, 0.6) is 0 Å². The van der Waals surface area contributed by atoms with Crippen molar-refractivity contribution in [3.63, 3.8) is 0 Å². The summed E-state index contributed by atoms with van der Waals surface area (Å²) in [5.41, 5.74) is 1.04. The number of aryl methyl sites for hydroxylation is 1. The number of sulfonamides is 1. The van der Waals surface area contributed by atoms with Crippen LogP contribution in [0.25, 0.3) is 0 Å². The van der Waals surface area contributed by atoms with Gasteiger partial charge in [-0.3, -0.25) is 4.79 Å². The van der Waals surface area contributed by atoms with Crippen LogP contribution in [0, 0.1) is 6.92 Å². The van der Waals surface area contributed by atoms with Gasteiger partial charge in [0.05, 0.1) is 37.2 Å². The molecule has 1 aromatic carbocycles. The second-order valence-electron chi connectivity index (χ2n) is 8.16. The van der Waals surface area contributed by atoms with E-state index in [1.807, 2.05) is 0 Å². The first-order chi connectivity index (χ1) is 13.9. The number of likely N-dealkylation sites (tertiary alicyclic amines) is 1. The number of rotatable bonds is 7. The Bertz CT molecular complexity index is 806. The van der Waals surface area contributed by atoms with Gasteiger partial charge in [-0.1, -0.05) is 6.07 Å². The van der Waals surface area contributed by atoms with E-state index in [1.54, 1.807) is 24.0 Å². The predicted molar refractivity (Wildman–Crippen MR) is 112 cm³/mol. The highest BCUT2D eigenvalue weighted by Gasteiger charge is 2.28. The van der Waals surface area contributed by atoms with Crippen molar-refractivity contribution in [2.24, 2.45) is 0 Å². The molecular formula is C21H34N3O4S+. The van der Waals surface area contributed by atoms with Crippen LogP contribution in [0.1, 0.15) is 48.5 Å². The lowest BCUT2D eigenvalue weighted by molar-refractivity contribution is -0.928. The molecule has 2 fully saturated rings. The third-order valence-electron chi connectivity index (χ3n) is 6.08. The minimum atomic E-state index is -3.62. The number of nitrogens with zero attached hydrogens (tertiary/aromatic N) is 1. The van der Waals surface area contributed by atoms with Crippen LogP contribution < -0.4 is 10.2 Å². The minimum Gasteiger partial charge on any atom is -0.379 e. The average Bonchev–Trinajstić information content (AvgIpc) is 2.73. The van der Waals surface area contributed by atoms with Crippen LogP contribution in [0.3, 0.4) is 0 Å². The van der Waals surface area contributed by atoms with Crippen LogP contribution in [0.15, 0.2) is 23.1 Å². The Morgan fingerprint density at radius 3 is 2.76 bits per heavy atom. The highest BCUT2D eigenvalue weighted by Crippen LogP contribution is 2.22. The molecule has 7 nitrogen and oxygen atoms in total. The van der Waals surface area contributed by atoms with E-state index in [0.717, 1.165) is 13.0 Å². The molecule has 0 spiro atoms. The molecule has 2 saturated heterocycles. The lowest BCUT2D eigenvalue weighted by Crippen LogP contribution is -3.16. The van der Waals surface area contributed by atoms with Crippen LogP contribution in [0.4, 0.5) is 0 Å². The number of benzene rings is 1. The molecule has 2 aliphatic heterocycles. The lowest BCUT2D eigenvalue weighted by atomic mass is 10.0. The summed E-state index contributed by atoms with van der Waals surface area (Å²) in [6.07, 6.45) is 4.82. The van der Waals surface area contributed by atoms with Gasteiger partial charge in [-0.2, -0.15) is 4.31 Å². The lowest BCUT2D eigenvalue weighted by Gasteiger charge is -2.30. The Hall–Kier alpha value is -1.48. The Kier molecular flexibility index (Phi) is 7.67. The number of nitrogens with one attached hydrogen (secondary N) is 2. The van der Waals surface area contributed by atoms with Gasteiger partial charge in [0.25, 0.3) is 5.91 Å². The molecule has 0 aliphatic carbocycles. The fourth-order valence-electron chi connectivity index (χ4n) is 4.19. The fraction of sp³-hybridized carbons (Fsp3) is 0.667. The molecule has 8 heteroatoms. The summed E-state index contributed by atoms with van der Waals surface area (Å²) < 4.78 is 32.7. The van der Waals surface area contributed by atoms with Gasteiger partial charge in [-0.05, 0) is 50.8 Å². The van der Waals surface area contributed by atoms with Crippen molar-refractivity contribution in [2.75, 3.05) is 45.9 Å². The van der Waals surface area contributed by atoms with E-state index in [4.69, 9.17) is 4.74 Å². The Labute approximate surface area is 174 Å². The van der Waals surface area contributed by atoms with Crippen molar-refractivity contribution in [3.8, 4) is 0 Å². The number of piperidine rings is 1. The average molecular weight is 425 g/mol. The van der Waals surface area contributed by atoms with Gasteiger partial charge in [0.1, 0.15) is 0 Å². The largest absolute Gasteiger partial charge is 0.379 e. The first-order valence-electron chi connectivity index (χ1n) is 10.7. The van der Waals surface area contributed by atoms with Gasteiger partial charge < -0.3 is 15.0 Å². The van der Waals surface area contributed by atoms with Crippen molar-refractivity contribution in [1.29, 1.82) is 0 Å². The number of hydrogen-bond donors (Lipinski definition) is 2. The summed E-state index contributed by atoms with van der Waals surface area (Å²) in [4.78, 5) is 14.4. The van der Waals surface area contributed by atoms with Crippen LogP contribution in [-0.4, -0.2) is 70.6 Å². The van der Waals surface area contributed by atoms with E-state index in [2.05, 4.69) is 12.2 Å². The zero-order chi connectivity index (χ0) is 20.9. The number of morpholine rings is 1. The number of quaternary nitrogens is 1. The zero-order valence-electron chi connectivity index (χ0n) is 17.6. The first kappa shape index (κ1) is 22.2. The molecule has 0 radical (unpaired) electrons. The second kappa shape index (κ2) is 10.0. The molecule has 0 saturated carbocycles. The van der Waals surface area contributed by atoms with Crippen molar-refractivity contribution in [1.82, 2.24) is 9.62 Å². The monoisotopic (exact) mass is 424 g/mol. The summed E-state index contributed by atoms with van der Waals surface area (Å²) in [5.74, 6) is -0.217. The highest BCUT2D eigenvalue weighted by atomic mass is 32.2. The van der Waals surface area contributed by atoms with E-state index < -0.39 is 10.0 Å². The number of ether oxygens (including phenoxy) is 1. The fourth-order valence-corrected chi connectivity index (χ4v) is 5.85. The Morgan fingerprint density at radius 1 is 1.28 bits per heavy atom. The van der Waals surface area contributed by atoms with Crippen molar-refractivity contribution < 1.29 is 22.8 Å². The van der Waals surface area contributed by atoms with Crippen LogP contribution in [-0.2, 0) is 14.8 Å². The summed E-state index contributed by atoms with van der Waals surface area (Å²) in [6, 6.07) is 5.61. The second-order valence-corrected chi connectivity index (χ2v) is 10.1. The molecule has 0 aromatic heterocycles. The van der Waals surface area contributed by atoms with Gasteiger partial charge in [-0.15, -0.1) is 0 Å². The van der Waals surface area contributed by atoms with E-state index in [0.29, 0.717) is 50.0 Å². The third kappa shape index (κ3) is 5.57. The maximum Gasteiger partial charge on any atom is 0.251 e. The van der Waals surface area contributed by atoms with Crippen molar-refractivity contribution in [3.05, 3.63) is 29.3 Å². The maximum absolute atomic E-state index is 13.0. The normalized spacial score (nSPS) is 23.7. The molecule has 29 heavy (non-hydrogen) atoms. The summed E-state index contributed by atoms with van der Waals surface area (Å²) in [7, 11) is -3.62. The summed E-state index contributed by atoms with van der Waals surface area (Å²) >= 11 is 0. The molecular weight excluding hydrogens is 390 g/mol. The summed E-state index contributed by atoms with van der Waals surface area (Å²) in [5, 5.41) is 2.95. The third-order valence-corrected chi connectivity index (χ3v) is 8.12. The minimum absolute atomic E-state index is 0.207. The number of carbonyl (C=O) groups excluding carboxylic acids is 1. The molecule has 1 amide bonds. The van der Waals surface area contributed by atoms with E-state index >= 15 is 0 Å². The molecule has 2 heterocycles. The Morgan fingerprint density at radius 2 is 2.03 bits per heavy atom. The number of amides is 1. The molecule has 1 unspecified atom stereocenters. The summed E-state index contributed by atoms with van der Waals surface area (Å²) in [6.45, 7) is 8.43. The topological polar surface area (TPSA) is 80.2 Å². The maximum atomic E-state index is 13.0. The molecule has 162 valence electrons. The first-order valence-corrected chi connectivity index (χ1v) is 12.1. The van der Waals surface area contributed by atoms with Crippen molar-refractivity contribution >= 4 is 15.9 Å². The molecule has 2 aliphatic rings. The molecule has 0 bridgehead atoms. The smallest absolute Gasteiger partial charge is 0.251 e. The van der Waals surface area contributed by atoms with Gasteiger partial charge in [-0.25, -0.2) is 8.42 Å². The van der Waals surface area contributed by atoms with Gasteiger partial charge in [0.15, 0.2) is 0 Å². The van der Waals surface area contributed by atoms with Gasteiger partial charge in [0, 0.05) is 31.6 Å². The van der Waals surface area contributed by atoms with Crippen LogP contribution in [0.2, 0.25) is 0 Å². The molecule has 2 atom stereocenters. The van der Waals surface area contributed by atoms with Gasteiger partial charge in [0.2, 0.25) is 10.0 Å². The van der Waals surface area contributed by atoms with Crippen molar-refractivity contribution in [2.45, 2.75) is 50.5 Å². The van der Waals surface area contributed by atoms with E-state index in [9.17, 15) is 13.2 Å². The Balaban J connectivity index is 1.59. The SMILES string of the molecule is Cc1ccc(C(=O)NCCC[NH+]2CCCC[C@H]2C)cc1S(=O)(=O)N1CCOCC1. The number of carbonyl (C=O) groups is 1. The molecule has 1 aromatic rings. The highest BCUT2D eigenvalue weighted by molar-refractivity contribution is 7.89. The van der Waals surface area contributed by atoms with Gasteiger partial charge >= 0.3 is 0 Å². The molecule has 2 N–H and O–H groups in total. The predicted octanol–water partition coefficient (Wildman–Crippen LogP) is 0.593. The van der Waals surface area contributed by atoms with E-state index in [1.165, 1.54) is 36.2 Å². The number of hydrogen-bond acceptors (Lipinski definition) is 4. The molecule has 3 rings (SSSR count). The zero-order valence-corrected chi connectivity index (χ0v) is 18.4. The quantitative estimate of drug-likeness (QED) is 0.628. The standard InChI is InChI=1S/C21H33N3O4S/c1-17-7-8-19(16-20(17)29(26,27)24-12-14-28-15-13-24)21(25)22-9-5-11-23-10-4-3-6-18(23)2/h7-8,16,18H,3-6,9-15H2,1-2H3,(H,22,25)/p+1/t18-/m1/s1.